The molecule has 0 aliphatic heterocycles. The van der Waals surface area contributed by atoms with Crippen molar-refractivity contribution in [3.63, 3.8) is 0 Å². The van der Waals surface area contributed by atoms with E-state index in [0.29, 0.717) is 30.4 Å². The summed E-state index contributed by atoms with van der Waals surface area (Å²) in [5.41, 5.74) is 0.273. The molecular formula is C13H26N4O. The predicted molar refractivity (Wildman–Crippen MR) is 73.4 cm³/mol. The van der Waals surface area contributed by atoms with E-state index in [-0.39, 0.29) is 5.41 Å². The van der Waals surface area contributed by atoms with Crippen molar-refractivity contribution in [1.82, 2.24) is 15.5 Å². The van der Waals surface area contributed by atoms with Crippen molar-refractivity contribution >= 4 is 6.01 Å². The minimum Gasteiger partial charge on any atom is -0.407 e. The van der Waals surface area contributed by atoms with Crippen LogP contribution in [0.4, 0.5) is 6.01 Å². The summed E-state index contributed by atoms with van der Waals surface area (Å²) in [7, 11) is 0. The Morgan fingerprint density at radius 2 is 1.83 bits per heavy atom. The fraction of sp³-hybridized carbons (Fsp3) is 0.846. The van der Waals surface area contributed by atoms with Crippen LogP contribution in [-0.4, -0.2) is 22.8 Å². The van der Waals surface area contributed by atoms with Gasteiger partial charge in [0.15, 0.2) is 0 Å². The van der Waals surface area contributed by atoms with Crippen LogP contribution in [0, 0.1) is 11.3 Å². The van der Waals surface area contributed by atoms with Crippen LogP contribution < -0.4 is 10.6 Å². The molecule has 1 aromatic rings. The molecule has 2 N–H and O–H groups in total. The van der Waals surface area contributed by atoms with E-state index in [1.807, 2.05) is 0 Å². The summed E-state index contributed by atoms with van der Waals surface area (Å²) < 4.78 is 5.50. The highest BCUT2D eigenvalue weighted by molar-refractivity contribution is 5.17. The van der Waals surface area contributed by atoms with Crippen LogP contribution in [0.1, 0.15) is 47.4 Å². The minimum atomic E-state index is 0.273. The van der Waals surface area contributed by atoms with Crippen LogP contribution in [0.3, 0.4) is 0 Å². The summed E-state index contributed by atoms with van der Waals surface area (Å²) in [6, 6.07) is 0.917. The molecule has 0 aliphatic rings. The lowest BCUT2D eigenvalue weighted by Crippen LogP contribution is -2.24. The zero-order valence-corrected chi connectivity index (χ0v) is 12.4. The molecule has 104 valence electrons. The average molecular weight is 254 g/mol. The van der Waals surface area contributed by atoms with Gasteiger partial charge in [0, 0.05) is 12.6 Å². The Morgan fingerprint density at radius 1 is 1.17 bits per heavy atom. The highest BCUT2D eigenvalue weighted by Gasteiger charge is 2.20. The summed E-state index contributed by atoms with van der Waals surface area (Å²) in [5, 5.41) is 14.4. The zero-order valence-electron chi connectivity index (χ0n) is 12.4. The Labute approximate surface area is 110 Å². The maximum Gasteiger partial charge on any atom is 0.315 e. The van der Waals surface area contributed by atoms with Crippen molar-refractivity contribution < 1.29 is 4.42 Å². The molecule has 1 atom stereocenters. The summed E-state index contributed by atoms with van der Waals surface area (Å²) in [6.07, 6.45) is 0. The molecule has 0 fully saturated rings. The summed E-state index contributed by atoms with van der Waals surface area (Å²) >= 11 is 0. The third kappa shape index (κ3) is 5.04. The van der Waals surface area contributed by atoms with E-state index in [9.17, 15) is 0 Å². The van der Waals surface area contributed by atoms with Crippen LogP contribution >= 0.6 is 0 Å². The molecule has 1 unspecified atom stereocenters. The van der Waals surface area contributed by atoms with Gasteiger partial charge in [-0.25, -0.2) is 0 Å². The molecule has 0 aliphatic carbocycles. The van der Waals surface area contributed by atoms with E-state index in [1.165, 1.54) is 0 Å². The van der Waals surface area contributed by atoms with Gasteiger partial charge in [0.2, 0.25) is 5.89 Å². The molecule has 5 heteroatoms. The van der Waals surface area contributed by atoms with E-state index in [0.717, 1.165) is 6.54 Å². The van der Waals surface area contributed by atoms with Crippen LogP contribution in [0.25, 0.3) is 0 Å². The second kappa shape index (κ2) is 6.18. The number of aromatic nitrogens is 2. The highest BCUT2D eigenvalue weighted by Crippen LogP contribution is 2.25. The molecule has 18 heavy (non-hydrogen) atoms. The Hall–Kier alpha value is -1.10. The molecule has 1 rings (SSSR count). The van der Waals surface area contributed by atoms with Crippen molar-refractivity contribution in [1.29, 1.82) is 0 Å². The quantitative estimate of drug-likeness (QED) is 0.817. The van der Waals surface area contributed by atoms with Gasteiger partial charge in [-0.3, -0.25) is 0 Å². The van der Waals surface area contributed by atoms with Crippen molar-refractivity contribution in [2.75, 3.05) is 11.9 Å². The molecule has 5 nitrogen and oxygen atoms in total. The monoisotopic (exact) mass is 254 g/mol. The van der Waals surface area contributed by atoms with E-state index >= 15 is 0 Å². The lowest BCUT2D eigenvalue weighted by molar-refractivity contribution is 0.273. The molecule has 0 spiro atoms. The lowest BCUT2D eigenvalue weighted by atomic mass is 9.82. The van der Waals surface area contributed by atoms with Gasteiger partial charge in [0.25, 0.3) is 0 Å². The van der Waals surface area contributed by atoms with Gasteiger partial charge in [-0.05, 0) is 11.3 Å². The number of nitrogens with one attached hydrogen (secondary N) is 2. The van der Waals surface area contributed by atoms with Crippen molar-refractivity contribution in [3.8, 4) is 0 Å². The van der Waals surface area contributed by atoms with E-state index in [4.69, 9.17) is 4.42 Å². The Balaban J connectivity index is 2.40. The molecule has 0 bridgehead atoms. The first-order valence-corrected chi connectivity index (χ1v) is 6.58. The predicted octanol–water partition coefficient (Wildman–Crippen LogP) is 2.66. The molecule has 0 aromatic carbocycles. The Bertz CT molecular complexity index is 354. The van der Waals surface area contributed by atoms with E-state index < -0.39 is 0 Å². The van der Waals surface area contributed by atoms with E-state index in [1.54, 1.807) is 0 Å². The minimum absolute atomic E-state index is 0.273. The summed E-state index contributed by atoms with van der Waals surface area (Å²) in [5.74, 6) is 1.15. The first kappa shape index (κ1) is 15.0. The molecule has 0 amide bonds. The third-order valence-corrected chi connectivity index (χ3v) is 3.17. The first-order chi connectivity index (χ1) is 8.29. The van der Waals surface area contributed by atoms with Gasteiger partial charge in [0.05, 0.1) is 6.54 Å². The van der Waals surface area contributed by atoms with Gasteiger partial charge in [-0.15, -0.1) is 5.10 Å². The highest BCUT2D eigenvalue weighted by atomic mass is 16.4. The van der Waals surface area contributed by atoms with Crippen molar-refractivity contribution in [2.45, 2.75) is 54.1 Å². The Morgan fingerprint density at radius 3 is 2.39 bits per heavy atom. The second-order valence-corrected chi connectivity index (χ2v) is 6.18. The maximum absolute atomic E-state index is 5.50. The van der Waals surface area contributed by atoms with Crippen LogP contribution in [0.2, 0.25) is 0 Å². The molecule has 0 saturated carbocycles. The number of rotatable bonds is 6. The number of hydrogen-bond acceptors (Lipinski definition) is 5. The van der Waals surface area contributed by atoms with Crippen LogP contribution in [0.15, 0.2) is 4.42 Å². The summed E-state index contributed by atoms with van der Waals surface area (Å²) in [4.78, 5) is 0. The summed E-state index contributed by atoms with van der Waals surface area (Å²) in [6.45, 7) is 14.5. The SMILES string of the molecule is CC(C)NCc1nnc(NCC(C)C(C)(C)C)o1. The lowest BCUT2D eigenvalue weighted by Gasteiger charge is -2.26. The fourth-order valence-corrected chi connectivity index (χ4v) is 1.23. The van der Waals surface area contributed by atoms with Crippen molar-refractivity contribution in [2.24, 2.45) is 11.3 Å². The average Bonchev–Trinajstić information content (AvgIpc) is 2.69. The maximum atomic E-state index is 5.50. The van der Waals surface area contributed by atoms with Gasteiger partial charge in [-0.1, -0.05) is 46.6 Å². The second-order valence-electron chi connectivity index (χ2n) is 6.18. The standard InChI is InChI=1S/C13H26N4O/c1-9(2)14-8-11-16-17-12(18-11)15-7-10(3)13(4,5)6/h9-10,14H,7-8H2,1-6H3,(H,15,17). The molecule has 1 aromatic heterocycles. The molecule has 1 heterocycles. The van der Waals surface area contributed by atoms with Gasteiger partial charge < -0.3 is 15.1 Å². The topological polar surface area (TPSA) is 63.0 Å². The number of anilines is 1. The first-order valence-electron chi connectivity index (χ1n) is 6.58. The van der Waals surface area contributed by atoms with Crippen LogP contribution in [-0.2, 0) is 6.54 Å². The largest absolute Gasteiger partial charge is 0.407 e. The van der Waals surface area contributed by atoms with E-state index in [2.05, 4.69) is 62.4 Å². The molecular weight excluding hydrogens is 228 g/mol. The van der Waals surface area contributed by atoms with Gasteiger partial charge in [-0.2, -0.15) is 0 Å². The van der Waals surface area contributed by atoms with Crippen LogP contribution in [0.5, 0.6) is 0 Å². The fourth-order valence-electron chi connectivity index (χ4n) is 1.23. The van der Waals surface area contributed by atoms with Crippen molar-refractivity contribution in [3.05, 3.63) is 5.89 Å². The third-order valence-electron chi connectivity index (χ3n) is 3.17. The Kier molecular flexibility index (Phi) is 5.14. The molecule has 0 saturated heterocycles. The van der Waals surface area contributed by atoms with Gasteiger partial charge in [0.1, 0.15) is 0 Å². The smallest absolute Gasteiger partial charge is 0.315 e. The number of nitrogens with zero attached hydrogens (tertiary/aromatic N) is 2. The van der Waals surface area contributed by atoms with Gasteiger partial charge >= 0.3 is 6.01 Å². The molecule has 0 radical (unpaired) electrons. The number of hydrogen-bond donors (Lipinski definition) is 2. The zero-order chi connectivity index (χ0) is 13.8. The normalized spacial score (nSPS) is 13.9.